The van der Waals surface area contributed by atoms with E-state index in [1.165, 1.54) is 17.5 Å². The number of anilines is 1. The van der Waals surface area contributed by atoms with Crippen LogP contribution in [0.2, 0.25) is 0 Å². The molecule has 0 N–H and O–H groups in total. The highest BCUT2D eigenvalue weighted by Gasteiger charge is 2.27. The van der Waals surface area contributed by atoms with Crippen molar-refractivity contribution in [3.8, 4) is 11.5 Å². The topological polar surface area (TPSA) is 42.0 Å². The van der Waals surface area contributed by atoms with Crippen LogP contribution in [0.25, 0.3) is 0 Å². The van der Waals surface area contributed by atoms with Crippen LogP contribution in [-0.4, -0.2) is 48.6 Å². The Morgan fingerprint density at radius 3 is 2.66 bits per heavy atom. The number of hydrogen-bond acceptors (Lipinski definition) is 5. The number of nitrogens with zero attached hydrogens (tertiary/aromatic N) is 2. The lowest BCUT2D eigenvalue weighted by Gasteiger charge is -2.28. The Morgan fingerprint density at radius 2 is 1.83 bits per heavy atom. The Hall–Kier alpha value is -2.18. The van der Waals surface area contributed by atoms with Gasteiger partial charge in [-0.1, -0.05) is 18.2 Å². The van der Waals surface area contributed by atoms with Crippen LogP contribution in [0.5, 0.6) is 11.5 Å². The minimum Gasteiger partial charge on any atom is -0.486 e. The molecule has 2 aromatic carbocycles. The van der Waals surface area contributed by atoms with E-state index >= 15 is 0 Å². The molecule has 0 aliphatic carbocycles. The van der Waals surface area contributed by atoms with Crippen molar-refractivity contribution < 1.29 is 14.3 Å². The zero-order valence-corrected chi connectivity index (χ0v) is 17.3. The first-order valence-corrected chi connectivity index (χ1v) is 11.5. The van der Waals surface area contributed by atoms with Crippen molar-refractivity contribution >= 4 is 23.4 Å². The van der Waals surface area contributed by atoms with Crippen molar-refractivity contribution in [1.29, 1.82) is 0 Å². The van der Waals surface area contributed by atoms with Crippen LogP contribution in [0.15, 0.2) is 42.5 Å². The fourth-order valence-electron chi connectivity index (χ4n) is 4.47. The van der Waals surface area contributed by atoms with E-state index in [2.05, 4.69) is 41.3 Å². The van der Waals surface area contributed by atoms with Gasteiger partial charge in [-0.15, -0.1) is 0 Å². The summed E-state index contributed by atoms with van der Waals surface area (Å²) in [7, 11) is 0. The quantitative estimate of drug-likeness (QED) is 0.765. The van der Waals surface area contributed by atoms with E-state index in [4.69, 9.17) is 9.47 Å². The van der Waals surface area contributed by atoms with Crippen molar-refractivity contribution in [1.82, 2.24) is 4.90 Å². The number of thioether (sulfide) groups is 1. The first-order valence-electron chi connectivity index (χ1n) is 10.4. The van der Waals surface area contributed by atoms with Gasteiger partial charge in [-0.25, -0.2) is 0 Å². The molecule has 1 atom stereocenters. The van der Waals surface area contributed by atoms with Gasteiger partial charge in [0.1, 0.15) is 13.2 Å². The molecule has 152 valence electrons. The second-order valence-corrected chi connectivity index (χ2v) is 8.90. The second kappa shape index (κ2) is 8.28. The van der Waals surface area contributed by atoms with Crippen molar-refractivity contribution in [3.05, 3.63) is 53.6 Å². The van der Waals surface area contributed by atoms with Crippen LogP contribution in [0.1, 0.15) is 30.0 Å². The Kier molecular flexibility index (Phi) is 5.38. The fraction of sp³-hybridized carbons (Fsp3) is 0.435. The third kappa shape index (κ3) is 3.96. The molecular weight excluding hydrogens is 384 g/mol. The predicted molar refractivity (Wildman–Crippen MR) is 116 cm³/mol. The monoisotopic (exact) mass is 410 g/mol. The number of likely N-dealkylation sites (tertiary alicyclic amines) is 1. The minimum absolute atomic E-state index is 0.215. The molecule has 6 heteroatoms. The molecule has 2 saturated heterocycles. The van der Waals surface area contributed by atoms with E-state index in [-0.39, 0.29) is 5.91 Å². The SMILES string of the molecule is O=C1CSCCN1c1ccc(CN2CCCC2c2ccc3c(c2)OCCO3)cc1. The minimum atomic E-state index is 0.215. The van der Waals surface area contributed by atoms with E-state index in [0.717, 1.165) is 49.0 Å². The molecule has 2 aromatic rings. The molecule has 0 spiro atoms. The Morgan fingerprint density at radius 1 is 1.00 bits per heavy atom. The van der Waals surface area contributed by atoms with E-state index in [0.29, 0.717) is 25.0 Å². The highest BCUT2D eigenvalue weighted by molar-refractivity contribution is 8.00. The van der Waals surface area contributed by atoms with E-state index in [9.17, 15) is 4.79 Å². The molecule has 3 aliphatic heterocycles. The normalized spacial score (nSPS) is 22.1. The Bertz CT molecular complexity index is 886. The van der Waals surface area contributed by atoms with Crippen molar-refractivity contribution in [2.75, 3.05) is 42.7 Å². The van der Waals surface area contributed by atoms with Crippen LogP contribution < -0.4 is 14.4 Å². The summed E-state index contributed by atoms with van der Waals surface area (Å²) in [5, 5.41) is 0. The summed E-state index contributed by atoms with van der Waals surface area (Å²) < 4.78 is 11.4. The van der Waals surface area contributed by atoms with E-state index in [1.54, 1.807) is 11.8 Å². The molecule has 0 bridgehead atoms. The van der Waals surface area contributed by atoms with Gasteiger partial charge >= 0.3 is 0 Å². The third-order valence-corrected chi connectivity index (χ3v) is 6.86. The van der Waals surface area contributed by atoms with E-state index in [1.807, 2.05) is 11.0 Å². The van der Waals surface area contributed by atoms with Gasteiger partial charge in [0.15, 0.2) is 11.5 Å². The van der Waals surface area contributed by atoms with Gasteiger partial charge in [0.2, 0.25) is 5.91 Å². The lowest BCUT2D eigenvalue weighted by Crippen LogP contribution is -2.38. The van der Waals surface area contributed by atoms with Gasteiger partial charge in [0.05, 0.1) is 5.75 Å². The number of ether oxygens (including phenoxy) is 2. The maximum absolute atomic E-state index is 12.1. The van der Waals surface area contributed by atoms with Crippen molar-refractivity contribution in [2.45, 2.75) is 25.4 Å². The molecule has 0 aromatic heterocycles. The van der Waals surface area contributed by atoms with Crippen molar-refractivity contribution in [2.24, 2.45) is 0 Å². The van der Waals surface area contributed by atoms with Crippen LogP contribution in [-0.2, 0) is 11.3 Å². The maximum Gasteiger partial charge on any atom is 0.237 e. The van der Waals surface area contributed by atoms with Gasteiger partial charge in [-0.2, -0.15) is 11.8 Å². The fourth-order valence-corrected chi connectivity index (χ4v) is 5.25. The zero-order valence-electron chi connectivity index (χ0n) is 16.5. The Labute approximate surface area is 176 Å². The highest BCUT2D eigenvalue weighted by atomic mass is 32.2. The largest absolute Gasteiger partial charge is 0.486 e. The Balaban J connectivity index is 1.29. The molecular formula is C23H26N2O3S. The molecule has 0 radical (unpaired) electrons. The summed E-state index contributed by atoms with van der Waals surface area (Å²) in [4.78, 5) is 16.6. The molecule has 5 rings (SSSR count). The molecule has 1 unspecified atom stereocenters. The molecule has 3 heterocycles. The highest BCUT2D eigenvalue weighted by Crippen LogP contribution is 2.38. The van der Waals surface area contributed by atoms with Gasteiger partial charge in [0, 0.05) is 30.6 Å². The number of benzene rings is 2. The molecule has 0 saturated carbocycles. The number of fused-ring (bicyclic) bond motifs is 1. The summed E-state index contributed by atoms with van der Waals surface area (Å²) in [6.07, 6.45) is 2.37. The molecule has 29 heavy (non-hydrogen) atoms. The number of carbonyl (C=O) groups is 1. The number of hydrogen-bond donors (Lipinski definition) is 0. The second-order valence-electron chi connectivity index (χ2n) is 7.80. The van der Waals surface area contributed by atoms with Gasteiger partial charge in [0.25, 0.3) is 0 Å². The summed E-state index contributed by atoms with van der Waals surface area (Å²) >= 11 is 1.72. The summed E-state index contributed by atoms with van der Waals surface area (Å²) in [6, 6.07) is 15.3. The number of carbonyl (C=O) groups excluding carboxylic acids is 1. The van der Waals surface area contributed by atoms with Gasteiger partial charge in [-0.05, 0) is 54.8 Å². The molecule has 2 fully saturated rings. The van der Waals surface area contributed by atoms with Crippen LogP contribution in [0, 0.1) is 0 Å². The van der Waals surface area contributed by atoms with Gasteiger partial charge < -0.3 is 14.4 Å². The first kappa shape index (κ1) is 18.8. The standard InChI is InChI=1S/C23H26N2O3S/c26-23-16-29-13-10-25(23)19-6-3-17(4-7-19)15-24-9-1-2-20(24)18-5-8-21-22(14-18)28-12-11-27-21/h3-8,14,20H,1-2,9-13,15-16H2. The third-order valence-electron chi connectivity index (χ3n) is 5.93. The molecule has 5 nitrogen and oxygen atoms in total. The molecule has 3 aliphatic rings. The van der Waals surface area contributed by atoms with E-state index < -0.39 is 0 Å². The summed E-state index contributed by atoms with van der Waals surface area (Å²) in [5.41, 5.74) is 3.61. The van der Waals surface area contributed by atoms with Crippen LogP contribution in [0.3, 0.4) is 0 Å². The lowest BCUT2D eigenvalue weighted by molar-refractivity contribution is -0.116. The number of amides is 1. The first-order chi connectivity index (χ1) is 14.3. The lowest BCUT2D eigenvalue weighted by atomic mass is 10.0. The smallest absolute Gasteiger partial charge is 0.237 e. The maximum atomic E-state index is 12.1. The summed E-state index contributed by atoms with van der Waals surface area (Å²) in [5.74, 6) is 3.54. The summed E-state index contributed by atoms with van der Waals surface area (Å²) in [6.45, 7) is 4.07. The van der Waals surface area contributed by atoms with Crippen LogP contribution >= 0.6 is 11.8 Å². The predicted octanol–water partition coefficient (Wildman–Crippen LogP) is 3.87. The average Bonchev–Trinajstić information content (AvgIpc) is 3.22. The van der Waals surface area contributed by atoms with Crippen LogP contribution in [0.4, 0.5) is 5.69 Å². The van der Waals surface area contributed by atoms with Crippen molar-refractivity contribution in [3.63, 3.8) is 0 Å². The zero-order chi connectivity index (χ0) is 19.6. The number of rotatable bonds is 4. The van der Waals surface area contributed by atoms with Gasteiger partial charge in [-0.3, -0.25) is 9.69 Å². The average molecular weight is 411 g/mol. The molecule has 1 amide bonds.